The van der Waals surface area contributed by atoms with Crippen molar-refractivity contribution in [2.24, 2.45) is 0 Å². The number of ether oxygens (including phenoxy) is 2. The molecule has 1 aromatic carbocycles. The molecule has 2 aromatic heterocycles. The quantitative estimate of drug-likeness (QED) is 0.686. The highest BCUT2D eigenvalue weighted by atomic mass is 32.1. The smallest absolute Gasteiger partial charge is 0.224 e. The van der Waals surface area contributed by atoms with Gasteiger partial charge in [-0.05, 0) is 24.3 Å². The maximum atomic E-state index is 12.3. The van der Waals surface area contributed by atoms with Crippen molar-refractivity contribution in [1.82, 2.24) is 9.97 Å². The third-order valence-corrected chi connectivity index (χ3v) is 4.63. The fourth-order valence-corrected chi connectivity index (χ4v) is 3.19. The summed E-state index contributed by atoms with van der Waals surface area (Å²) in [6.07, 6.45) is 2.63. The number of methoxy groups -OCH3 is 2. The van der Waals surface area contributed by atoms with Crippen LogP contribution in [0.1, 0.15) is 11.4 Å². The molecule has 0 unspecified atom stereocenters. The number of aromatic nitrogens is 2. The van der Waals surface area contributed by atoms with Crippen molar-refractivity contribution >= 4 is 22.9 Å². The first-order valence-corrected chi connectivity index (χ1v) is 8.95. The summed E-state index contributed by atoms with van der Waals surface area (Å²) in [7, 11) is 3.14. The second-order valence-electron chi connectivity index (χ2n) is 5.46. The largest absolute Gasteiger partial charge is 0.497 e. The maximum Gasteiger partial charge on any atom is 0.224 e. The van der Waals surface area contributed by atoms with Crippen LogP contribution < -0.4 is 14.8 Å². The lowest BCUT2D eigenvalue weighted by Crippen LogP contribution is -2.13. The summed E-state index contributed by atoms with van der Waals surface area (Å²) < 4.78 is 10.5. The summed E-state index contributed by atoms with van der Waals surface area (Å²) in [6.45, 7) is 0. The van der Waals surface area contributed by atoms with E-state index >= 15 is 0 Å². The molecule has 1 amide bonds. The highest BCUT2D eigenvalue weighted by Gasteiger charge is 2.11. The normalized spacial score (nSPS) is 10.4. The van der Waals surface area contributed by atoms with Gasteiger partial charge >= 0.3 is 0 Å². The van der Waals surface area contributed by atoms with Crippen molar-refractivity contribution < 1.29 is 14.3 Å². The topological polar surface area (TPSA) is 73.3 Å². The van der Waals surface area contributed by atoms with Gasteiger partial charge in [0.15, 0.2) is 0 Å². The number of carbonyl (C=O) groups is 1. The molecule has 0 aliphatic heterocycles. The van der Waals surface area contributed by atoms with Crippen LogP contribution in [0.2, 0.25) is 0 Å². The summed E-state index contributed by atoms with van der Waals surface area (Å²) in [4.78, 5) is 21.1. The SMILES string of the molecule is COc1ccc(OC)c(NC(=O)CCc2nc(-c3ccccn3)cs2)c1. The van der Waals surface area contributed by atoms with E-state index in [4.69, 9.17) is 9.47 Å². The lowest BCUT2D eigenvalue weighted by atomic mass is 10.2. The van der Waals surface area contributed by atoms with E-state index in [-0.39, 0.29) is 5.91 Å². The Morgan fingerprint density at radius 1 is 1.15 bits per heavy atom. The van der Waals surface area contributed by atoms with E-state index in [9.17, 15) is 4.79 Å². The molecule has 0 fully saturated rings. The summed E-state index contributed by atoms with van der Waals surface area (Å²) in [5.41, 5.74) is 2.26. The first kappa shape index (κ1) is 17.9. The molecule has 0 aliphatic carbocycles. The molecule has 0 aliphatic rings. The van der Waals surface area contributed by atoms with E-state index in [2.05, 4.69) is 15.3 Å². The molecule has 2 heterocycles. The number of hydrogen-bond donors (Lipinski definition) is 1. The van der Waals surface area contributed by atoms with Crippen LogP contribution in [0.4, 0.5) is 5.69 Å². The van der Waals surface area contributed by atoms with E-state index in [1.807, 2.05) is 23.6 Å². The Labute approximate surface area is 155 Å². The second-order valence-corrected chi connectivity index (χ2v) is 6.40. The van der Waals surface area contributed by atoms with E-state index in [1.165, 1.54) is 11.3 Å². The average Bonchev–Trinajstić information content (AvgIpc) is 3.16. The van der Waals surface area contributed by atoms with Gasteiger partial charge in [-0.15, -0.1) is 11.3 Å². The average molecular weight is 369 g/mol. The van der Waals surface area contributed by atoms with Gasteiger partial charge in [0.1, 0.15) is 11.5 Å². The molecule has 0 radical (unpaired) electrons. The van der Waals surface area contributed by atoms with E-state index < -0.39 is 0 Å². The molecule has 134 valence electrons. The zero-order chi connectivity index (χ0) is 18.4. The fraction of sp³-hybridized carbons (Fsp3) is 0.211. The molecule has 3 aromatic rings. The molecule has 3 rings (SSSR count). The number of hydrogen-bond acceptors (Lipinski definition) is 6. The van der Waals surface area contributed by atoms with Gasteiger partial charge in [-0.2, -0.15) is 0 Å². The number of nitrogens with zero attached hydrogens (tertiary/aromatic N) is 2. The molecule has 0 saturated carbocycles. The number of pyridine rings is 1. The Kier molecular flexibility index (Phi) is 5.80. The molecule has 0 bridgehead atoms. The van der Waals surface area contributed by atoms with Crippen molar-refractivity contribution in [2.75, 3.05) is 19.5 Å². The van der Waals surface area contributed by atoms with E-state index in [0.29, 0.717) is 30.0 Å². The summed E-state index contributed by atoms with van der Waals surface area (Å²) in [5, 5.41) is 5.73. The number of amides is 1. The lowest BCUT2D eigenvalue weighted by Gasteiger charge is -2.11. The number of benzene rings is 1. The molecule has 0 saturated heterocycles. The third-order valence-electron chi connectivity index (χ3n) is 3.73. The summed E-state index contributed by atoms with van der Waals surface area (Å²) >= 11 is 1.53. The van der Waals surface area contributed by atoms with Crippen molar-refractivity contribution in [2.45, 2.75) is 12.8 Å². The van der Waals surface area contributed by atoms with Crippen LogP contribution in [-0.4, -0.2) is 30.1 Å². The number of carbonyl (C=O) groups excluding carboxylic acids is 1. The lowest BCUT2D eigenvalue weighted by molar-refractivity contribution is -0.116. The minimum Gasteiger partial charge on any atom is -0.497 e. The zero-order valence-corrected chi connectivity index (χ0v) is 15.4. The Morgan fingerprint density at radius 3 is 2.77 bits per heavy atom. The monoisotopic (exact) mass is 369 g/mol. The van der Waals surface area contributed by atoms with Gasteiger partial charge in [-0.3, -0.25) is 9.78 Å². The van der Waals surface area contributed by atoms with Gasteiger partial charge in [0.05, 0.1) is 36.3 Å². The van der Waals surface area contributed by atoms with E-state index in [0.717, 1.165) is 16.4 Å². The van der Waals surface area contributed by atoms with Crippen molar-refractivity contribution in [3.63, 3.8) is 0 Å². The molecule has 7 heteroatoms. The van der Waals surface area contributed by atoms with Gasteiger partial charge in [0, 0.05) is 30.5 Å². The third kappa shape index (κ3) is 4.37. The van der Waals surface area contributed by atoms with Crippen LogP contribution >= 0.6 is 11.3 Å². The first-order chi connectivity index (χ1) is 12.7. The Morgan fingerprint density at radius 2 is 2.04 bits per heavy atom. The van der Waals surface area contributed by atoms with Gasteiger partial charge in [-0.25, -0.2) is 4.98 Å². The Hall–Kier alpha value is -2.93. The van der Waals surface area contributed by atoms with Crippen LogP contribution in [0.15, 0.2) is 48.0 Å². The standard InChI is InChI=1S/C19H19N3O3S/c1-24-13-6-7-17(25-2)15(11-13)21-18(23)8-9-19-22-16(12-26-19)14-5-3-4-10-20-14/h3-7,10-12H,8-9H2,1-2H3,(H,21,23). The van der Waals surface area contributed by atoms with Crippen LogP contribution in [0.5, 0.6) is 11.5 Å². The number of nitrogens with one attached hydrogen (secondary N) is 1. The highest BCUT2D eigenvalue weighted by Crippen LogP contribution is 2.29. The molecule has 26 heavy (non-hydrogen) atoms. The number of thiazole rings is 1. The minimum atomic E-state index is -0.105. The van der Waals surface area contributed by atoms with Crippen LogP contribution in [0, 0.1) is 0 Å². The fourth-order valence-electron chi connectivity index (χ4n) is 2.40. The molecule has 0 spiro atoms. The van der Waals surface area contributed by atoms with Crippen LogP contribution in [0.3, 0.4) is 0 Å². The van der Waals surface area contributed by atoms with E-state index in [1.54, 1.807) is 38.6 Å². The summed E-state index contributed by atoms with van der Waals surface area (Å²) in [6, 6.07) is 11.0. The predicted molar refractivity (Wildman–Crippen MR) is 102 cm³/mol. The molecule has 6 nitrogen and oxygen atoms in total. The number of aryl methyl sites for hydroxylation is 1. The Bertz CT molecular complexity index is 881. The predicted octanol–water partition coefficient (Wildman–Crippen LogP) is 3.79. The summed E-state index contributed by atoms with van der Waals surface area (Å²) in [5.74, 6) is 1.14. The second kappa shape index (κ2) is 8.44. The van der Waals surface area contributed by atoms with Crippen molar-refractivity contribution in [3.8, 4) is 22.9 Å². The zero-order valence-electron chi connectivity index (χ0n) is 14.6. The van der Waals surface area contributed by atoms with Gasteiger partial charge in [-0.1, -0.05) is 6.07 Å². The van der Waals surface area contributed by atoms with Crippen LogP contribution in [-0.2, 0) is 11.2 Å². The van der Waals surface area contributed by atoms with Crippen molar-refractivity contribution in [1.29, 1.82) is 0 Å². The Balaban J connectivity index is 1.61. The van der Waals surface area contributed by atoms with Crippen LogP contribution in [0.25, 0.3) is 11.4 Å². The van der Waals surface area contributed by atoms with Gasteiger partial charge in [0.2, 0.25) is 5.91 Å². The number of rotatable bonds is 7. The van der Waals surface area contributed by atoms with Crippen molar-refractivity contribution in [3.05, 3.63) is 53.0 Å². The molecular weight excluding hydrogens is 350 g/mol. The minimum absolute atomic E-state index is 0.105. The molecular formula is C19H19N3O3S. The molecule has 0 atom stereocenters. The highest BCUT2D eigenvalue weighted by molar-refractivity contribution is 7.09. The maximum absolute atomic E-state index is 12.3. The molecule has 1 N–H and O–H groups in total. The van der Waals surface area contributed by atoms with Gasteiger partial charge in [0.25, 0.3) is 0 Å². The number of anilines is 1. The van der Waals surface area contributed by atoms with Gasteiger partial charge < -0.3 is 14.8 Å². The first-order valence-electron chi connectivity index (χ1n) is 8.07.